The molecule has 1 aromatic carbocycles. The highest BCUT2D eigenvalue weighted by Crippen LogP contribution is 2.37. The van der Waals surface area contributed by atoms with E-state index in [0.717, 1.165) is 18.7 Å². The predicted molar refractivity (Wildman–Crippen MR) is 100 cm³/mol. The van der Waals surface area contributed by atoms with Gasteiger partial charge in [0, 0.05) is 37.3 Å². The molecule has 2 bridgehead atoms. The molecule has 3 aliphatic heterocycles. The number of nitrogens with zero attached hydrogens (tertiary/aromatic N) is 3. The number of amides is 2. The molecule has 0 spiro atoms. The Labute approximate surface area is 157 Å². The van der Waals surface area contributed by atoms with Gasteiger partial charge in [-0.05, 0) is 30.5 Å². The minimum atomic E-state index is -0.398. The molecule has 2 amide bonds. The molecule has 6 heteroatoms. The van der Waals surface area contributed by atoms with E-state index in [-0.39, 0.29) is 29.7 Å². The van der Waals surface area contributed by atoms with Crippen LogP contribution in [0.5, 0.6) is 0 Å². The standard InChI is InChI=1S/C21H21N3O3/c25-19-8-4-7-17-15-9-14(12-23(17)19)11-22(13-15)18-10-20(26)24(21(18)27)16-5-2-1-3-6-16/h1-8,14-15,18H,9-13H2/t14-,15+,18-/m1/s1. The number of rotatable bonds is 2. The van der Waals surface area contributed by atoms with Crippen LogP contribution in [0.3, 0.4) is 0 Å². The Morgan fingerprint density at radius 2 is 1.67 bits per heavy atom. The summed E-state index contributed by atoms with van der Waals surface area (Å²) in [5, 5.41) is 0. The first-order chi connectivity index (χ1) is 13.1. The first kappa shape index (κ1) is 16.4. The van der Waals surface area contributed by atoms with Gasteiger partial charge >= 0.3 is 0 Å². The summed E-state index contributed by atoms with van der Waals surface area (Å²) in [6, 6.07) is 14.2. The fourth-order valence-corrected chi connectivity index (χ4v) is 4.94. The summed E-state index contributed by atoms with van der Waals surface area (Å²) in [6.45, 7) is 2.16. The molecule has 3 atom stereocenters. The van der Waals surface area contributed by atoms with Gasteiger partial charge in [0.25, 0.3) is 11.5 Å². The maximum absolute atomic E-state index is 13.0. The van der Waals surface area contributed by atoms with Gasteiger partial charge in [0.15, 0.2) is 0 Å². The maximum atomic E-state index is 13.0. The largest absolute Gasteiger partial charge is 0.312 e. The summed E-state index contributed by atoms with van der Waals surface area (Å²) in [6.07, 6.45) is 1.27. The number of anilines is 1. The third-order valence-corrected chi connectivity index (χ3v) is 6.09. The van der Waals surface area contributed by atoms with E-state index in [1.165, 1.54) is 4.90 Å². The molecule has 0 unspecified atom stereocenters. The van der Waals surface area contributed by atoms with Crippen LogP contribution >= 0.6 is 0 Å². The second-order valence-corrected chi connectivity index (χ2v) is 7.77. The number of piperidine rings is 1. The van der Waals surface area contributed by atoms with Crippen molar-refractivity contribution in [3.63, 3.8) is 0 Å². The molecule has 6 nitrogen and oxygen atoms in total. The molecule has 2 aromatic rings. The molecule has 1 aromatic heterocycles. The van der Waals surface area contributed by atoms with Gasteiger partial charge in [-0.3, -0.25) is 19.3 Å². The fourth-order valence-electron chi connectivity index (χ4n) is 4.94. The Morgan fingerprint density at radius 3 is 2.48 bits per heavy atom. The quantitative estimate of drug-likeness (QED) is 0.761. The SMILES string of the molecule is O=C1C[C@@H](N2C[C@H]3C[C@@H](C2)c2cccc(=O)n2C3)C(=O)N1c1ccccc1. The van der Waals surface area contributed by atoms with E-state index in [0.29, 0.717) is 24.7 Å². The van der Waals surface area contributed by atoms with Crippen LogP contribution in [0.4, 0.5) is 5.69 Å². The van der Waals surface area contributed by atoms with E-state index >= 15 is 0 Å². The van der Waals surface area contributed by atoms with Crippen molar-refractivity contribution in [1.29, 1.82) is 0 Å². The highest BCUT2D eigenvalue weighted by Gasteiger charge is 2.46. The second-order valence-electron chi connectivity index (χ2n) is 7.77. The Balaban J connectivity index is 1.42. The molecular weight excluding hydrogens is 342 g/mol. The smallest absolute Gasteiger partial charge is 0.251 e. The number of carbonyl (C=O) groups is 2. The zero-order valence-corrected chi connectivity index (χ0v) is 15.0. The van der Waals surface area contributed by atoms with Crippen LogP contribution in [0.1, 0.15) is 24.5 Å². The van der Waals surface area contributed by atoms with E-state index in [1.54, 1.807) is 18.2 Å². The van der Waals surface area contributed by atoms with Gasteiger partial charge in [-0.25, -0.2) is 4.90 Å². The highest BCUT2D eigenvalue weighted by atomic mass is 16.2. The lowest BCUT2D eigenvalue weighted by Crippen LogP contribution is -2.52. The number of aromatic nitrogens is 1. The fraction of sp³-hybridized carbons (Fsp3) is 0.381. The Kier molecular flexibility index (Phi) is 3.75. The van der Waals surface area contributed by atoms with Crippen molar-refractivity contribution in [3.05, 3.63) is 64.6 Å². The zero-order valence-electron chi connectivity index (χ0n) is 15.0. The first-order valence-electron chi connectivity index (χ1n) is 9.47. The lowest BCUT2D eigenvalue weighted by Gasteiger charge is -2.44. The van der Waals surface area contributed by atoms with E-state index < -0.39 is 6.04 Å². The minimum absolute atomic E-state index is 0.0537. The van der Waals surface area contributed by atoms with E-state index in [9.17, 15) is 14.4 Å². The summed E-state index contributed by atoms with van der Waals surface area (Å²) >= 11 is 0. The monoisotopic (exact) mass is 363 g/mol. The van der Waals surface area contributed by atoms with Crippen LogP contribution in [0, 0.1) is 5.92 Å². The van der Waals surface area contributed by atoms with Crippen molar-refractivity contribution in [2.24, 2.45) is 5.92 Å². The molecule has 4 heterocycles. The van der Waals surface area contributed by atoms with Crippen LogP contribution in [0.25, 0.3) is 0 Å². The lowest BCUT2D eigenvalue weighted by molar-refractivity contribution is -0.123. The van der Waals surface area contributed by atoms with Crippen molar-refractivity contribution in [2.75, 3.05) is 18.0 Å². The Bertz CT molecular complexity index is 968. The van der Waals surface area contributed by atoms with Crippen molar-refractivity contribution < 1.29 is 9.59 Å². The molecule has 2 saturated heterocycles. The van der Waals surface area contributed by atoms with Gasteiger partial charge in [0.1, 0.15) is 0 Å². The number of likely N-dealkylation sites (tertiary alicyclic amines) is 1. The molecule has 138 valence electrons. The predicted octanol–water partition coefficient (Wildman–Crippen LogP) is 1.60. The molecule has 5 rings (SSSR count). The Hall–Kier alpha value is -2.73. The average Bonchev–Trinajstić information content (AvgIpc) is 2.97. The third kappa shape index (κ3) is 2.63. The van der Waals surface area contributed by atoms with Gasteiger partial charge in [0.2, 0.25) is 5.91 Å². The van der Waals surface area contributed by atoms with Crippen molar-refractivity contribution >= 4 is 17.5 Å². The number of fused-ring (bicyclic) bond motifs is 4. The highest BCUT2D eigenvalue weighted by molar-refractivity contribution is 6.22. The number of hydrogen-bond donors (Lipinski definition) is 0. The maximum Gasteiger partial charge on any atom is 0.251 e. The normalized spacial score (nSPS) is 27.7. The summed E-state index contributed by atoms with van der Waals surface area (Å²) < 4.78 is 1.88. The van der Waals surface area contributed by atoms with Gasteiger partial charge < -0.3 is 4.57 Å². The number of carbonyl (C=O) groups excluding carboxylic acids is 2. The lowest BCUT2D eigenvalue weighted by atomic mass is 9.82. The molecule has 3 aliphatic rings. The van der Waals surface area contributed by atoms with E-state index in [1.807, 2.05) is 34.9 Å². The zero-order chi connectivity index (χ0) is 18.5. The molecule has 0 aliphatic carbocycles. The van der Waals surface area contributed by atoms with Gasteiger partial charge in [0.05, 0.1) is 18.2 Å². The van der Waals surface area contributed by atoms with Crippen LogP contribution in [0.15, 0.2) is 53.3 Å². The van der Waals surface area contributed by atoms with Gasteiger partial charge in [-0.1, -0.05) is 24.3 Å². The third-order valence-electron chi connectivity index (χ3n) is 6.09. The summed E-state index contributed by atoms with van der Waals surface area (Å²) in [5.41, 5.74) is 1.75. The minimum Gasteiger partial charge on any atom is -0.312 e. The van der Waals surface area contributed by atoms with Crippen molar-refractivity contribution in [1.82, 2.24) is 9.47 Å². The van der Waals surface area contributed by atoms with Crippen LogP contribution < -0.4 is 10.5 Å². The summed E-state index contributed by atoms with van der Waals surface area (Å²) in [4.78, 5) is 41.3. The molecule has 0 N–H and O–H groups in total. The van der Waals surface area contributed by atoms with Gasteiger partial charge in [-0.15, -0.1) is 0 Å². The number of imide groups is 1. The van der Waals surface area contributed by atoms with Gasteiger partial charge in [-0.2, -0.15) is 0 Å². The molecule has 0 radical (unpaired) electrons. The molecule has 0 saturated carbocycles. The average molecular weight is 363 g/mol. The van der Waals surface area contributed by atoms with E-state index in [2.05, 4.69) is 4.90 Å². The topological polar surface area (TPSA) is 62.6 Å². The van der Waals surface area contributed by atoms with Crippen molar-refractivity contribution in [3.8, 4) is 0 Å². The van der Waals surface area contributed by atoms with Crippen LogP contribution in [-0.4, -0.2) is 40.4 Å². The number of hydrogen-bond acceptors (Lipinski definition) is 4. The molecule has 27 heavy (non-hydrogen) atoms. The van der Waals surface area contributed by atoms with Crippen LogP contribution in [0.2, 0.25) is 0 Å². The van der Waals surface area contributed by atoms with Crippen molar-refractivity contribution in [2.45, 2.75) is 31.3 Å². The number of para-hydroxylation sites is 1. The number of benzene rings is 1. The van der Waals surface area contributed by atoms with E-state index in [4.69, 9.17) is 0 Å². The molecular formula is C21H21N3O3. The number of pyridine rings is 1. The first-order valence-corrected chi connectivity index (χ1v) is 9.47. The summed E-state index contributed by atoms with van der Waals surface area (Å²) in [7, 11) is 0. The van der Waals surface area contributed by atoms with Crippen LogP contribution in [-0.2, 0) is 16.1 Å². The second kappa shape index (κ2) is 6.16. The molecule has 2 fully saturated rings. The summed E-state index contributed by atoms with van der Waals surface area (Å²) in [5.74, 6) is 0.310. The Morgan fingerprint density at radius 1 is 0.852 bits per heavy atom.